The largest absolute Gasteiger partial charge is 0.506 e. The van der Waals surface area contributed by atoms with Crippen LogP contribution in [-0.2, 0) is 19.3 Å². The van der Waals surface area contributed by atoms with Crippen molar-refractivity contribution in [1.82, 2.24) is 0 Å². The van der Waals surface area contributed by atoms with E-state index >= 15 is 0 Å². The molecule has 0 aliphatic carbocycles. The Morgan fingerprint density at radius 3 is 1.52 bits per heavy atom. The predicted octanol–water partition coefficient (Wildman–Crippen LogP) is 4.74. The molecular formula is C16H27BrO3Si. The standard InChI is InChI=1S/C16H27BrO3Si/c1-12(2)18-21(19-13(3)4,20-14(5)6)11-15-7-9-16(17)10-8-15/h7-10,12-14H,11H2,1-6H3. The Morgan fingerprint density at radius 1 is 0.810 bits per heavy atom. The van der Waals surface area contributed by atoms with Gasteiger partial charge in [0.25, 0.3) is 0 Å². The highest BCUT2D eigenvalue weighted by Crippen LogP contribution is 2.23. The lowest BCUT2D eigenvalue weighted by Crippen LogP contribution is -2.53. The molecule has 1 aromatic carbocycles. The zero-order valence-corrected chi connectivity index (χ0v) is 16.4. The predicted molar refractivity (Wildman–Crippen MR) is 92.3 cm³/mol. The normalized spacial score (nSPS) is 12.7. The van der Waals surface area contributed by atoms with Crippen LogP contribution in [0.2, 0.25) is 0 Å². The Morgan fingerprint density at radius 2 is 1.19 bits per heavy atom. The summed E-state index contributed by atoms with van der Waals surface area (Å²) in [6, 6.07) is 8.93. The molecule has 1 rings (SSSR count). The average Bonchev–Trinajstić information content (AvgIpc) is 2.29. The Kier molecular flexibility index (Phi) is 7.57. The van der Waals surface area contributed by atoms with Crippen LogP contribution in [0.4, 0.5) is 0 Å². The molecule has 21 heavy (non-hydrogen) atoms. The second-order valence-electron chi connectivity index (χ2n) is 5.99. The molecule has 0 N–H and O–H groups in total. The fourth-order valence-electron chi connectivity index (χ4n) is 2.14. The summed E-state index contributed by atoms with van der Waals surface area (Å²) in [7, 11) is -2.76. The molecule has 120 valence electrons. The minimum atomic E-state index is -2.76. The van der Waals surface area contributed by atoms with E-state index in [2.05, 4.69) is 28.1 Å². The highest BCUT2D eigenvalue weighted by Gasteiger charge is 2.44. The summed E-state index contributed by atoms with van der Waals surface area (Å²) >= 11 is 3.46. The van der Waals surface area contributed by atoms with Crippen LogP contribution in [0, 0.1) is 0 Å². The first-order valence-electron chi connectivity index (χ1n) is 7.50. The SMILES string of the molecule is CC(C)O[Si](Cc1ccc(Br)cc1)(OC(C)C)OC(C)C. The van der Waals surface area contributed by atoms with E-state index in [0.29, 0.717) is 6.04 Å². The van der Waals surface area contributed by atoms with E-state index in [0.717, 1.165) is 4.47 Å². The molecule has 0 heterocycles. The van der Waals surface area contributed by atoms with Crippen molar-refractivity contribution in [3.8, 4) is 0 Å². The van der Waals surface area contributed by atoms with Gasteiger partial charge in [-0.2, -0.15) is 0 Å². The van der Waals surface area contributed by atoms with Crippen molar-refractivity contribution in [1.29, 1.82) is 0 Å². The molecule has 0 radical (unpaired) electrons. The van der Waals surface area contributed by atoms with E-state index in [-0.39, 0.29) is 18.3 Å². The highest BCUT2D eigenvalue weighted by atomic mass is 79.9. The zero-order chi connectivity index (χ0) is 16.0. The van der Waals surface area contributed by atoms with Crippen molar-refractivity contribution in [2.45, 2.75) is 65.9 Å². The lowest BCUT2D eigenvalue weighted by atomic mass is 10.2. The zero-order valence-electron chi connectivity index (χ0n) is 13.9. The molecule has 0 bridgehead atoms. The first-order valence-corrected chi connectivity index (χ1v) is 10.2. The van der Waals surface area contributed by atoms with Crippen LogP contribution < -0.4 is 0 Å². The molecule has 0 fully saturated rings. The maximum absolute atomic E-state index is 6.18. The summed E-state index contributed by atoms with van der Waals surface area (Å²) in [6.07, 6.45) is 0.221. The Bertz CT molecular complexity index is 392. The van der Waals surface area contributed by atoms with Gasteiger partial charge in [-0.15, -0.1) is 0 Å². The first-order chi connectivity index (χ1) is 9.72. The maximum Gasteiger partial charge on any atom is 0.506 e. The van der Waals surface area contributed by atoms with Crippen LogP contribution in [0.5, 0.6) is 0 Å². The molecule has 0 aromatic heterocycles. The lowest BCUT2D eigenvalue weighted by molar-refractivity contribution is 0.00236. The van der Waals surface area contributed by atoms with Crippen LogP contribution in [-0.4, -0.2) is 27.1 Å². The van der Waals surface area contributed by atoms with E-state index in [9.17, 15) is 0 Å². The summed E-state index contributed by atoms with van der Waals surface area (Å²) < 4.78 is 19.6. The van der Waals surface area contributed by atoms with Gasteiger partial charge < -0.3 is 13.3 Å². The molecule has 0 spiro atoms. The summed E-state index contributed by atoms with van der Waals surface area (Å²) in [4.78, 5) is 0. The van der Waals surface area contributed by atoms with Crippen molar-refractivity contribution in [3.05, 3.63) is 34.3 Å². The molecule has 0 amide bonds. The third-order valence-electron chi connectivity index (χ3n) is 2.58. The van der Waals surface area contributed by atoms with E-state index in [1.165, 1.54) is 5.56 Å². The van der Waals surface area contributed by atoms with Gasteiger partial charge in [0.15, 0.2) is 0 Å². The number of benzene rings is 1. The van der Waals surface area contributed by atoms with Gasteiger partial charge in [0.2, 0.25) is 0 Å². The van der Waals surface area contributed by atoms with Gasteiger partial charge in [0, 0.05) is 28.8 Å². The third kappa shape index (κ3) is 7.06. The lowest BCUT2D eigenvalue weighted by Gasteiger charge is -2.34. The van der Waals surface area contributed by atoms with Gasteiger partial charge >= 0.3 is 8.80 Å². The molecule has 0 atom stereocenters. The average molecular weight is 375 g/mol. The molecule has 3 nitrogen and oxygen atoms in total. The molecule has 0 aliphatic rings. The Labute approximate surface area is 138 Å². The second kappa shape index (κ2) is 8.43. The number of hydrogen-bond acceptors (Lipinski definition) is 3. The molecule has 0 saturated heterocycles. The van der Waals surface area contributed by atoms with E-state index in [1.54, 1.807) is 0 Å². The molecule has 5 heteroatoms. The molecule has 0 aliphatic heterocycles. The van der Waals surface area contributed by atoms with Gasteiger partial charge in [-0.05, 0) is 59.2 Å². The Hall–Kier alpha value is -0.203. The van der Waals surface area contributed by atoms with Crippen LogP contribution in [0.25, 0.3) is 0 Å². The quantitative estimate of drug-likeness (QED) is 0.614. The van der Waals surface area contributed by atoms with Crippen molar-refractivity contribution in [3.63, 3.8) is 0 Å². The van der Waals surface area contributed by atoms with Gasteiger partial charge in [0.1, 0.15) is 0 Å². The summed E-state index contributed by atoms with van der Waals surface area (Å²) in [5, 5.41) is 0. The summed E-state index contributed by atoms with van der Waals surface area (Å²) in [5.41, 5.74) is 1.17. The van der Waals surface area contributed by atoms with Gasteiger partial charge in [-0.3, -0.25) is 0 Å². The number of rotatable bonds is 8. The van der Waals surface area contributed by atoms with Crippen LogP contribution >= 0.6 is 15.9 Å². The minimum absolute atomic E-state index is 0.0737. The molecule has 1 aromatic rings. The van der Waals surface area contributed by atoms with Crippen molar-refractivity contribution < 1.29 is 13.3 Å². The molecular weight excluding hydrogens is 348 g/mol. The number of halogens is 1. The van der Waals surface area contributed by atoms with Crippen LogP contribution in [0.15, 0.2) is 28.7 Å². The van der Waals surface area contributed by atoms with Crippen molar-refractivity contribution >= 4 is 24.7 Å². The van der Waals surface area contributed by atoms with Gasteiger partial charge in [-0.25, -0.2) is 0 Å². The fraction of sp³-hybridized carbons (Fsp3) is 0.625. The van der Waals surface area contributed by atoms with E-state index < -0.39 is 8.80 Å². The smallest absolute Gasteiger partial charge is 0.371 e. The van der Waals surface area contributed by atoms with Crippen molar-refractivity contribution in [2.75, 3.05) is 0 Å². The second-order valence-corrected chi connectivity index (χ2v) is 9.33. The summed E-state index contributed by atoms with van der Waals surface area (Å²) in [6.45, 7) is 12.1. The van der Waals surface area contributed by atoms with Crippen molar-refractivity contribution in [2.24, 2.45) is 0 Å². The molecule has 0 unspecified atom stereocenters. The summed E-state index contributed by atoms with van der Waals surface area (Å²) in [5.74, 6) is 0. The third-order valence-corrected chi connectivity index (χ3v) is 6.44. The van der Waals surface area contributed by atoms with E-state index in [1.807, 2.05) is 53.7 Å². The first kappa shape index (κ1) is 18.8. The highest BCUT2D eigenvalue weighted by molar-refractivity contribution is 9.10. The van der Waals surface area contributed by atoms with Gasteiger partial charge in [0.05, 0.1) is 0 Å². The van der Waals surface area contributed by atoms with Crippen LogP contribution in [0.1, 0.15) is 47.1 Å². The Balaban J connectivity index is 3.03. The maximum atomic E-state index is 6.18. The van der Waals surface area contributed by atoms with E-state index in [4.69, 9.17) is 13.3 Å². The monoisotopic (exact) mass is 374 g/mol. The van der Waals surface area contributed by atoms with Crippen LogP contribution in [0.3, 0.4) is 0 Å². The number of hydrogen-bond donors (Lipinski definition) is 0. The van der Waals surface area contributed by atoms with Gasteiger partial charge in [-0.1, -0.05) is 28.1 Å². The minimum Gasteiger partial charge on any atom is -0.371 e. The fourth-order valence-corrected chi connectivity index (χ4v) is 5.71. The topological polar surface area (TPSA) is 27.7 Å². The molecule has 0 saturated carbocycles.